The van der Waals surface area contributed by atoms with Crippen LogP contribution in [0, 0.1) is 45.3 Å². The normalized spacial score (nSPS) is 22.5. The first-order valence-electron chi connectivity index (χ1n) is 10.7. The minimum Gasteiger partial charge on any atom is -0.496 e. The molecule has 6 heteroatoms. The van der Waals surface area contributed by atoms with Crippen LogP contribution in [0.2, 0.25) is 0 Å². The van der Waals surface area contributed by atoms with E-state index in [1.54, 1.807) is 7.11 Å². The van der Waals surface area contributed by atoms with Gasteiger partial charge in [-0.2, -0.15) is 15.8 Å². The molecule has 2 aliphatic rings. The third kappa shape index (κ3) is 2.94. The lowest BCUT2D eigenvalue weighted by Gasteiger charge is -2.46. The lowest BCUT2D eigenvalue weighted by molar-refractivity contribution is 0.174. The molecular formula is C26H25N5O. The number of allylic oxidation sites excluding steroid dienone is 2. The summed E-state index contributed by atoms with van der Waals surface area (Å²) in [6.45, 7) is 5.58. The summed E-state index contributed by atoms with van der Waals surface area (Å²) in [5.74, 6) is -0.0217. The van der Waals surface area contributed by atoms with E-state index in [0.717, 1.165) is 27.7 Å². The zero-order valence-electron chi connectivity index (χ0n) is 18.5. The summed E-state index contributed by atoms with van der Waals surface area (Å²) in [5.41, 5.74) is 6.84. The quantitative estimate of drug-likeness (QED) is 0.799. The van der Waals surface area contributed by atoms with E-state index >= 15 is 0 Å². The van der Waals surface area contributed by atoms with Gasteiger partial charge in [0.05, 0.1) is 30.5 Å². The maximum absolute atomic E-state index is 10.3. The molecule has 160 valence electrons. The first-order chi connectivity index (χ1) is 15.4. The summed E-state index contributed by atoms with van der Waals surface area (Å²) in [4.78, 5) is 2.29. The van der Waals surface area contributed by atoms with Gasteiger partial charge in [0.25, 0.3) is 0 Å². The number of methoxy groups -OCH3 is 1. The zero-order valence-corrected chi connectivity index (χ0v) is 18.5. The van der Waals surface area contributed by atoms with Gasteiger partial charge in [-0.1, -0.05) is 36.4 Å². The van der Waals surface area contributed by atoms with Crippen LogP contribution in [-0.4, -0.2) is 31.1 Å². The molecule has 2 atom stereocenters. The number of hydrogen-bond donors (Lipinski definition) is 1. The average molecular weight is 424 g/mol. The van der Waals surface area contributed by atoms with E-state index in [-0.39, 0.29) is 23.2 Å². The van der Waals surface area contributed by atoms with Crippen molar-refractivity contribution in [1.29, 1.82) is 15.8 Å². The number of fused-ring (bicyclic) bond motifs is 2. The van der Waals surface area contributed by atoms with Gasteiger partial charge in [-0.05, 0) is 36.4 Å². The molecule has 1 heterocycles. The van der Waals surface area contributed by atoms with Crippen LogP contribution in [0.4, 0.5) is 0 Å². The maximum atomic E-state index is 10.3. The Bertz CT molecular complexity index is 1250. The van der Waals surface area contributed by atoms with Crippen molar-refractivity contribution in [2.24, 2.45) is 17.1 Å². The molecule has 0 radical (unpaired) electrons. The van der Waals surface area contributed by atoms with Crippen LogP contribution >= 0.6 is 0 Å². The Morgan fingerprint density at radius 1 is 1.09 bits per heavy atom. The summed E-state index contributed by atoms with van der Waals surface area (Å²) in [6, 6.07) is 18.6. The van der Waals surface area contributed by atoms with Crippen molar-refractivity contribution in [3.63, 3.8) is 0 Å². The fourth-order valence-electron chi connectivity index (χ4n) is 5.21. The van der Waals surface area contributed by atoms with Gasteiger partial charge < -0.3 is 10.5 Å². The molecular weight excluding hydrogens is 398 g/mol. The average Bonchev–Trinajstić information content (AvgIpc) is 2.82. The van der Waals surface area contributed by atoms with E-state index in [0.29, 0.717) is 13.1 Å². The molecule has 2 aromatic rings. The molecule has 4 rings (SSSR count). The highest BCUT2D eigenvalue weighted by Crippen LogP contribution is 2.55. The third-order valence-corrected chi connectivity index (χ3v) is 6.90. The second-order valence-corrected chi connectivity index (χ2v) is 8.63. The Kier molecular flexibility index (Phi) is 5.39. The van der Waals surface area contributed by atoms with E-state index in [1.807, 2.05) is 42.5 Å². The Balaban J connectivity index is 2.07. The van der Waals surface area contributed by atoms with Crippen molar-refractivity contribution >= 4 is 10.8 Å². The van der Waals surface area contributed by atoms with Gasteiger partial charge in [-0.25, -0.2) is 0 Å². The van der Waals surface area contributed by atoms with Gasteiger partial charge >= 0.3 is 0 Å². The summed E-state index contributed by atoms with van der Waals surface area (Å²) < 4.78 is 5.56. The molecule has 0 fully saturated rings. The Hall–Kier alpha value is -3.79. The number of ether oxygens (including phenoxy) is 1. The largest absolute Gasteiger partial charge is 0.496 e. The third-order valence-electron chi connectivity index (χ3n) is 6.90. The lowest BCUT2D eigenvalue weighted by atomic mass is 9.57. The van der Waals surface area contributed by atoms with Gasteiger partial charge in [-0.3, -0.25) is 4.90 Å². The van der Waals surface area contributed by atoms with E-state index in [1.165, 1.54) is 0 Å². The first-order valence-corrected chi connectivity index (χ1v) is 10.7. The Morgan fingerprint density at radius 3 is 2.38 bits per heavy atom. The van der Waals surface area contributed by atoms with E-state index in [4.69, 9.17) is 10.5 Å². The number of benzene rings is 2. The van der Waals surface area contributed by atoms with Crippen LogP contribution in [0.3, 0.4) is 0 Å². The minimum atomic E-state index is -1.65. The molecule has 32 heavy (non-hydrogen) atoms. The number of nitriles is 3. The highest BCUT2D eigenvalue weighted by atomic mass is 16.5. The standard InChI is InChI=1S/C26H25N5O/c1-16(2)31-11-10-18-21(12-27)25(30)26(14-28,15-29)24(22(18)13-31)20-8-9-23(32-3)19-7-5-4-6-17(19)20/h4-10,16,22,24H,11,13,30H2,1-3H3/t22-,24-/m0/s1. The van der Waals surface area contributed by atoms with Crippen molar-refractivity contribution < 1.29 is 4.74 Å². The van der Waals surface area contributed by atoms with Gasteiger partial charge in [0.15, 0.2) is 5.41 Å². The monoisotopic (exact) mass is 423 g/mol. The van der Waals surface area contributed by atoms with Crippen LogP contribution in [-0.2, 0) is 0 Å². The summed E-state index contributed by atoms with van der Waals surface area (Å²) in [5, 5.41) is 32.4. The van der Waals surface area contributed by atoms with E-state index < -0.39 is 11.3 Å². The molecule has 2 aromatic carbocycles. The number of hydrogen-bond acceptors (Lipinski definition) is 6. The second-order valence-electron chi connectivity index (χ2n) is 8.63. The molecule has 0 spiro atoms. The number of nitrogens with zero attached hydrogens (tertiary/aromatic N) is 4. The minimum absolute atomic E-state index is 0.0513. The summed E-state index contributed by atoms with van der Waals surface area (Å²) >= 11 is 0. The van der Waals surface area contributed by atoms with Gasteiger partial charge in [0.2, 0.25) is 0 Å². The fraction of sp³-hybridized carbons (Fsp3) is 0.346. The molecule has 0 saturated heterocycles. The van der Waals surface area contributed by atoms with E-state index in [9.17, 15) is 15.8 Å². The van der Waals surface area contributed by atoms with Crippen LogP contribution < -0.4 is 10.5 Å². The molecule has 0 saturated carbocycles. The SMILES string of the molecule is COc1ccc([C@H]2[C@H]3CN(C(C)C)CC=C3C(C#N)=C(N)C2(C#N)C#N)c2ccccc12. The number of nitrogens with two attached hydrogens (primary N) is 1. The predicted octanol–water partition coefficient (Wildman–Crippen LogP) is 3.98. The second kappa shape index (κ2) is 8.04. The fourth-order valence-corrected chi connectivity index (χ4v) is 5.21. The molecule has 0 unspecified atom stereocenters. The molecule has 6 nitrogen and oxygen atoms in total. The van der Waals surface area contributed by atoms with Crippen LogP contribution in [0.1, 0.15) is 25.3 Å². The van der Waals surface area contributed by atoms with Crippen molar-refractivity contribution in [1.82, 2.24) is 4.90 Å². The van der Waals surface area contributed by atoms with Crippen molar-refractivity contribution in [3.8, 4) is 24.0 Å². The van der Waals surface area contributed by atoms with Crippen molar-refractivity contribution in [3.05, 3.63) is 64.9 Å². The highest BCUT2D eigenvalue weighted by Gasteiger charge is 2.54. The molecule has 1 aliphatic heterocycles. The van der Waals surface area contributed by atoms with Crippen LogP contribution in [0.15, 0.2) is 59.3 Å². The highest BCUT2D eigenvalue weighted by molar-refractivity contribution is 5.92. The topological polar surface area (TPSA) is 110 Å². The van der Waals surface area contributed by atoms with Gasteiger partial charge in [-0.15, -0.1) is 0 Å². The predicted molar refractivity (Wildman–Crippen MR) is 122 cm³/mol. The molecule has 0 aromatic heterocycles. The van der Waals surface area contributed by atoms with Gasteiger partial charge in [0, 0.05) is 36.4 Å². The van der Waals surface area contributed by atoms with Crippen LogP contribution in [0.5, 0.6) is 5.75 Å². The molecule has 2 N–H and O–H groups in total. The van der Waals surface area contributed by atoms with Crippen molar-refractivity contribution in [2.45, 2.75) is 25.8 Å². The first kappa shape index (κ1) is 21.4. The molecule has 1 aliphatic carbocycles. The van der Waals surface area contributed by atoms with Crippen molar-refractivity contribution in [2.75, 3.05) is 20.2 Å². The molecule has 0 amide bonds. The van der Waals surface area contributed by atoms with E-state index in [2.05, 4.69) is 37.0 Å². The smallest absolute Gasteiger partial charge is 0.191 e. The summed E-state index contributed by atoms with van der Waals surface area (Å²) in [6.07, 6.45) is 2.04. The van der Waals surface area contributed by atoms with Crippen LogP contribution in [0.25, 0.3) is 10.8 Å². The zero-order chi connectivity index (χ0) is 23.0. The number of rotatable bonds is 3. The Labute approximate surface area is 188 Å². The Morgan fingerprint density at radius 2 is 1.78 bits per heavy atom. The van der Waals surface area contributed by atoms with Gasteiger partial charge in [0.1, 0.15) is 11.8 Å². The maximum Gasteiger partial charge on any atom is 0.191 e. The molecule has 0 bridgehead atoms. The summed E-state index contributed by atoms with van der Waals surface area (Å²) in [7, 11) is 1.62. The lowest BCUT2D eigenvalue weighted by Crippen LogP contribution is -2.49.